The van der Waals surface area contributed by atoms with Crippen molar-refractivity contribution in [1.82, 2.24) is 4.90 Å². The Labute approximate surface area is 256 Å². The second-order valence-corrected chi connectivity index (χ2v) is 15.4. The lowest BCUT2D eigenvalue weighted by Crippen LogP contribution is -2.64. The van der Waals surface area contributed by atoms with Gasteiger partial charge in [-0.25, -0.2) is 0 Å². The number of Topliss-reactive ketones (excluding diaryl/α,β-unsaturated/α-hetero) is 1. The van der Waals surface area contributed by atoms with Crippen molar-refractivity contribution in [2.45, 2.75) is 116 Å². The van der Waals surface area contributed by atoms with E-state index in [1.807, 2.05) is 38.9 Å². The van der Waals surface area contributed by atoms with Crippen LogP contribution in [-0.2, 0) is 28.6 Å². The van der Waals surface area contributed by atoms with Gasteiger partial charge in [0, 0.05) is 22.7 Å². The molecule has 43 heavy (non-hydrogen) atoms. The van der Waals surface area contributed by atoms with Gasteiger partial charge in [-0.2, -0.15) is 0 Å². The number of aliphatic hydroxyl groups is 1. The Bertz CT molecular complexity index is 1190. The maximum atomic E-state index is 14.6. The van der Waals surface area contributed by atoms with E-state index < -0.39 is 46.9 Å². The zero-order valence-corrected chi connectivity index (χ0v) is 26.8. The van der Waals surface area contributed by atoms with Crippen molar-refractivity contribution in [3.8, 4) is 0 Å². The van der Waals surface area contributed by atoms with E-state index in [0.29, 0.717) is 12.8 Å². The lowest BCUT2D eigenvalue weighted by atomic mass is 9.46. The molecule has 6 rings (SSSR count). The number of nitrogens with zero attached hydrogens (tertiary/aromatic N) is 1. The maximum Gasteiger partial charge on any atom is 0.324 e. The summed E-state index contributed by atoms with van der Waals surface area (Å²) >= 11 is 0. The molecule has 0 bridgehead atoms. The molecule has 5 aliphatic carbocycles. The molecule has 238 valence electrons. The van der Waals surface area contributed by atoms with Crippen LogP contribution in [0.4, 0.5) is 0 Å². The zero-order valence-electron chi connectivity index (χ0n) is 26.8. The first-order valence-corrected chi connectivity index (χ1v) is 16.7. The van der Waals surface area contributed by atoms with Crippen molar-refractivity contribution in [1.29, 1.82) is 0 Å². The third kappa shape index (κ3) is 4.72. The first kappa shape index (κ1) is 31.1. The van der Waals surface area contributed by atoms with Gasteiger partial charge >= 0.3 is 5.97 Å². The third-order valence-electron chi connectivity index (χ3n) is 12.5. The number of esters is 1. The number of rotatable bonds is 7. The van der Waals surface area contributed by atoms with Gasteiger partial charge in [0.05, 0.1) is 12.2 Å². The van der Waals surface area contributed by atoms with Gasteiger partial charge in [-0.3, -0.25) is 19.3 Å². The topological polar surface area (TPSA) is 102 Å². The van der Waals surface area contributed by atoms with Crippen LogP contribution in [0.1, 0.15) is 85.5 Å². The number of fused-ring (bicyclic) bond motifs is 7. The van der Waals surface area contributed by atoms with Crippen LogP contribution < -0.4 is 0 Å². The number of ether oxygens (including phenoxy) is 3. The number of aliphatic hydroxyl groups excluding tert-OH is 1. The molecule has 1 aliphatic heterocycles. The van der Waals surface area contributed by atoms with Crippen LogP contribution in [0.15, 0.2) is 23.8 Å². The molecular formula is C35H51NO7. The average molecular weight is 598 g/mol. The summed E-state index contributed by atoms with van der Waals surface area (Å²) in [7, 11) is 3.69. The molecule has 1 saturated heterocycles. The smallest absolute Gasteiger partial charge is 0.324 e. The Balaban J connectivity index is 1.33. The predicted molar refractivity (Wildman–Crippen MR) is 161 cm³/mol. The summed E-state index contributed by atoms with van der Waals surface area (Å²) in [6.07, 6.45) is 12.0. The van der Waals surface area contributed by atoms with Crippen LogP contribution in [-0.4, -0.2) is 78.4 Å². The second-order valence-electron chi connectivity index (χ2n) is 15.4. The Kier molecular flexibility index (Phi) is 8.09. The van der Waals surface area contributed by atoms with E-state index in [4.69, 9.17) is 14.2 Å². The summed E-state index contributed by atoms with van der Waals surface area (Å²) in [6.45, 7) is 7.85. The molecule has 0 aromatic carbocycles. The highest BCUT2D eigenvalue weighted by Crippen LogP contribution is 2.70. The molecule has 8 heteroatoms. The summed E-state index contributed by atoms with van der Waals surface area (Å²) in [5, 5.41) is 12.0. The summed E-state index contributed by atoms with van der Waals surface area (Å²) in [4.78, 5) is 41.8. The molecular weight excluding hydrogens is 546 g/mol. The van der Waals surface area contributed by atoms with Gasteiger partial charge in [-0.1, -0.05) is 58.6 Å². The molecule has 5 fully saturated rings. The quantitative estimate of drug-likeness (QED) is 0.424. The number of hydrogen-bond donors (Lipinski definition) is 1. The molecule has 0 aromatic heterocycles. The highest BCUT2D eigenvalue weighted by molar-refractivity contribution is 6.01. The normalized spacial score (nSPS) is 43.1. The summed E-state index contributed by atoms with van der Waals surface area (Å²) in [5.74, 6) is -0.198. The highest BCUT2D eigenvalue weighted by atomic mass is 16.7. The molecule has 0 amide bonds. The van der Waals surface area contributed by atoms with Gasteiger partial charge in [-0.05, 0) is 82.5 Å². The van der Waals surface area contributed by atoms with Gasteiger partial charge in [0.2, 0.25) is 5.78 Å². The zero-order chi connectivity index (χ0) is 30.9. The van der Waals surface area contributed by atoms with Crippen molar-refractivity contribution < 1.29 is 33.7 Å². The first-order chi connectivity index (χ1) is 20.3. The fraction of sp³-hybridized carbons (Fsp3) is 0.800. The fourth-order valence-corrected chi connectivity index (χ4v) is 10.6. The molecule has 8 nitrogen and oxygen atoms in total. The number of carbonyl (C=O) groups is 3. The van der Waals surface area contributed by atoms with Crippen molar-refractivity contribution in [2.24, 2.45) is 40.4 Å². The van der Waals surface area contributed by atoms with E-state index >= 15 is 0 Å². The summed E-state index contributed by atoms with van der Waals surface area (Å²) < 4.78 is 19.5. The fourth-order valence-electron chi connectivity index (χ4n) is 10.6. The Hall–Kier alpha value is -1.87. The van der Waals surface area contributed by atoms with Crippen LogP contribution in [0, 0.1) is 40.4 Å². The third-order valence-corrected chi connectivity index (χ3v) is 12.5. The van der Waals surface area contributed by atoms with E-state index in [1.54, 1.807) is 12.2 Å². The molecule has 0 aromatic rings. The molecule has 6 aliphatic rings. The van der Waals surface area contributed by atoms with Crippen molar-refractivity contribution >= 4 is 17.5 Å². The van der Waals surface area contributed by atoms with Crippen LogP contribution in [0.2, 0.25) is 0 Å². The van der Waals surface area contributed by atoms with Gasteiger partial charge < -0.3 is 19.3 Å². The average Bonchev–Trinajstić information content (AvgIpc) is 3.45. The van der Waals surface area contributed by atoms with Crippen molar-refractivity contribution in [3.63, 3.8) is 0 Å². The number of allylic oxidation sites excluding steroid dienone is 4. The number of carbonyl (C=O) groups excluding carboxylic acids is 3. The van der Waals surface area contributed by atoms with E-state index in [1.165, 1.54) is 6.42 Å². The molecule has 1 heterocycles. The lowest BCUT2D eigenvalue weighted by molar-refractivity contribution is -0.210. The predicted octanol–water partition coefficient (Wildman–Crippen LogP) is 4.63. The Morgan fingerprint density at radius 3 is 2.53 bits per heavy atom. The van der Waals surface area contributed by atoms with E-state index in [2.05, 4.69) is 13.8 Å². The summed E-state index contributed by atoms with van der Waals surface area (Å²) in [6, 6.07) is -0.457. The number of likely N-dealkylation sites (N-methyl/N-ethyl adjacent to an activating group) is 1. The number of hydrogen-bond acceptors (Lipinski definition) is 8. The van der Waals surface area contributed by atoms with E-state index in [-0.39, 0.29) is 47.8 Å². The van der Waals surface area contributed by atoms with E-state index in [9.17, 15) is 19.5 Å². The highest BCUT2D eigenvalue weighted by Gasteiger charge is 2.76. The minimum Gasteiger partial charge on any atom is -0.456 e. The minimum atomic E-state index is -1.28. The molecule has 10 atom stereocenters. The molecule has 0 unspecified atom stereocenters. The molecule has 1 N–H and O–H groups in total. The van der Waals surface area contributed by atoms with Crippen molar-refractivity contribution in [2.75, 3.05) is 20.7 Å². The minimum absolute atomic E-state index is 0.0140. The standard InChI is InChI=1S/C35H51NO7/c1-20(2)30(36(5)6)31(40)41-19-27(39)35-28(42-32(43-35)21-10-8-7-9-11-21)17-25-24-13-12-22-16-23(37)14-15-33(22,3)29(24)26(38)18-34(25,35)4/h14-16,20-21,24-26,28-30,32,38H,7-13,17-19H2,1-6H3/t24-,25-,26-,28+,29+,30-,32+,33-,34-,35+/m0/s1. The van der Waals surface area contributed by atoms with Gasteiger partial charge in [-0.15, -0.1) is 0 Å². The first-order valence-electron chi connectivity index (χ1n) is 16.7. The van der Waals surface area contributed by atoms with Gasteiger partial charge in [0.15, 0.2) is 24.3 Å². The molecule has 0 spiro atoms. The molecule has 0 radical (unpaired) electrons. The molecule has 4 saturated carbocycles. The second kappa shape index (κ2) is 11.2. The summed E-state index contributed by atoms with van der Waals surface area (Å²) in [5.41, 5.74) is -1.26. The number of ketones is 2. The Morgan fingerprint density at radius 2 is 1.86 bits per heavy atom. The van der Waals surface area contributed by atoms with Crippen LogP contribution in [0.3, 0.4) is 0 Å². The van der Waals surface area contributed by atoms with E-state index in [0.717, 1.165) is 44.1 Å². The monoisotopic (exact) mass is 597 g/mol. The lowest BCUT2D eigenvalue weighted by Gasteiger charge is -2.59. The van der Waals surface area contributed by atoms with Gasteiger partial charge in [0.1, 0.15) is 6.04 Å². The van der Waals surface area contributed by atoms with Crippen molar-refractivity contribution in [3.05, 3.63) is 23.8 Å². The SMILES string of the molecule is CC(C)[C@@H](C(=O)OCC(=O)[C@@]12O[C@H](C3CCCCC3)O[C@@H]1C[C@H]1[C@@H]3CCC4=CC(=O)C=C[C@]4(C)[C@H]3[C@@H](O)C[C@@]12C)N(C)C. The Morgan fingerprint density at radius 1 is 1.14 bits per heavy atom. The van der Waals surface area contributed by atoms with Gasteiger partial charge in [0.25, 0.3) is 0 Å². The largest absolute Gasteiger partial charge is 0.456 e. The van der Waals surface area contributed by atoms with Crippen LogP contribution in [0.25, 0.3) is 0 Å². The van der Waals surface area contributed by atoms with Crippen LogP contribution >= 0.6 is 0 Å². The maximum absolute atomic E-state index is 14.6. The van der Waals surface area contributed by atoms with Crippen LogP contribution in [0.5, 0.6) is 0 Å².